The van der Waals surface area contributed by atoms with E-state index in [4.69, 9.17) is 4.74 Å². The predicted octanol–water partition coefficient (Wildman–Crippen LogP) is 2.25. The Morgan fingerprint density at radius 3 is 2.49 bits per heavy atom. The van der Waals surface area contributed by atoms with Gasteiger partial charge in [0.05, 0.1) is 30.4 Å². The van der Waals surface area contributed by atoms with Crippen molar-refractivity contribution in [3.8, 4) is 5.75 Å². The predicted molar refractivity (Wildman–Crippen MR) is 135 cm³/mol. The smallest absolute Gasteiger partial charge is 0.333 e. The summed E-state index contributed by atoms with van der Waals surface area (Å²) in [5.74, 6) is -5.38. The molecule has 11 heteroatoms. The molecule has 0 spiro atoms. The number of amides is 1. The number of aliphatic hydroxyl groups is 1. The first-order valence-electron chi connectivity index (χ1n) is 13.0. The maximum Gasteiger partial charge on any atom is 0.333 e. The highest BCUT2D eigenvalue weighted by atomic mass is 19.2. The fourth-order valence-corrected chi connectivity index (χ4v) is 5.64. The standard InChI is InChI=1S/C28H30F3N3O5/c29-20-7-8-21(30)26(25(20)31)39-9-1-2-15-3-5-16(6-4-15)19-10-17-13-34(14-23(33-17)24(19)28(37)38)27(36)22-11-18(35)12-32-22/h3-8,17-18,22-23,32-33,35H,1-2,9-14H2,(H,37,38)/t17-,18-,22?,23-/m1/s1. The van der Waals surface area contributed by atoms with Crippen LogP contribution in [0.4, 0.5) is 13.2 Å². The average Bonchev–Trinajstić information content (AvgIpc) is 3.35. The van der Waals surface area contributed by atoms with Crippen molar-refractivity contribution in [2.24, 2.45) is 0 Å². The van der Waals surface area contributed by atoms with E-state index in [9.17, 15) is 33.0 Å². The van der Waals surface area contributed by atoms with Crippen LogP contribution in [0.1, 0.15) is 30.4 Å². The molecule has 208 valence electrons. The summed E-state index contributed by atoms with van der Waals surface area (Å²) in [5, 5.41) is 26.2. The highest BCUT2D eigenvalue weighted by Crippen LogP contribution is 2.34. The molecule has 39 heavy (non-hydrogen) atoms. The summed E-state index contributed by atoms with van der Waals surface area (Å²) in [6.07, 6.45) is 1.21. The summed E-state index contributed by atoms with van der Waals surface area (Å²) in [6.45, 7) is 1.05. The van der Waals surface area contributed by atoms with Gasteiger partial charge in [-0.1, -0.05) is 24.3 Å². The fraction of sp³-hybridized carbons (Fsp3) is 0.429. The number of nitrogens with one attached hydrogen (secondary N) is 2. The van der Waals surface area contributed by atoms with Crippen molar-refractivity contribution < 1.29 is 37.7 Å². The zero-order chi connectivity index (χ0) is 27.7. The van der Waals surface area contributed by atoms with Crippen LogP contribution in [0.15, 0.2) is 42.0 Å². The molecule has 3 heterocycles. The SMILES string of the molecule is O=C(O)C1=C(c2ccc(CCCOc3c(F)ccc(F)c3F)cc2)C[C@@H]2CN(C(=O)C3C[C@@H](O)CN3)C[C@H]1N2. The van der Waals surface area contributed by atoms with Crippen LogP contribution < -0.4 is 15.4 Å². The summed E-state index contributed by atoms with van der Waals surface area (Å²) in [7, 11) is 0. The first kappa shape index (κ1) is 27.2. The quantitative estimate of drug-likeness (QED) is 0.298. The van der Waals surface area contributed by atoms with E-state index in [1.54, 1.807) is 4.90 Å². The highest BCUT2D eigenvalue weighted by molar-refractivity contribution is 5.99. The van der Waals surface area contributed by atoms with Crippen LogP contribution in [-0.2, 0) is 16.0 Å². The topological polar surface area (TPSA) is 111 Å². The third kappa shape index (κ3) is 5.80. The van der Waals surface area contributed by atoms with Crippen molar-refractivity contribution in [2.45, 2.75) is 49.9 Å². The Bertz CT molecular complexity index is 1290. The minimum atomic E-state index is -1.35. The molecule has 2 saturated heterocycles. The number of piperazine rings is 1. The zero-order valence-corrected chi connectivity index (χ0v) is 21.1. The number of carbonyl (C=O) groups is 2. The van der Waals surface area contributed by atoms with Gasteiger partial charge in [-0.05, 0) is 54.5 Å². The zero-order valence-electron chi connectivity index (χ0n) is 21.1. The Balaban J connectivity index is 1.23. The van der Waals surface area contributed by atoms with Gasteiger partial charge >= 0.3 is 5.97 Å². The molecule has 0 aromatic heterocycles. The second-order valence-electron chi connectivity index (χ2n) is 10.2. The number of aliphatic hydroxyl groups excluding tert-OH is 1. The van der Waals surface area contributed by atoms with E-state index in [0.29, 0.717) is 44.8 Å². The lowest BCUT2D eigenvalue weighted by molar-refractivity contribution is -0.137. The Kier molecular flexibility index (Phi) is 7.92. The molecule has 0 radical (unpaired) electrons. The van der Waals surface area contributed by atoms with Crippen molar-refractivity contribution >= 4 is 17.4 Å². The van der Waals surface area contributed by atoms with Gasteiger partial charge in [0.2, 0.25) is 11.7 Å². The van der Waals surface area contributed by atoms with Crippen LogP contribution >= 0.6 is 0 Å². The third-order valence-corrected chi connectivity index (χ3v) is 7.51. The monoisotopic (exact) mass is 545 g/mol. The normalized spacial score (nSPS) is 24.7. The molecule has 2 bridgehead atoms. The third-order valence-electron chi connectivity index (χ3n) is 7.51. The van der Waals surface area contributed by atoms with Crippen LogP contribution in [0.2, 0.25) is 0 Å². The van der Waals surface area contributed by atoms with Crippen molar-refractivity contribution in [3.63, 3.8) is 0 Å². The molecule has 3 aliphatic rings. The number of rotatable bonds is 8. The lowest BCUT2D eigenvalue weighted by Gasteiger charge is -2.44. The molecule has 3 aliphatic heterocycles. The first-order valence-corrected chi connectivity index (χ1v) is 13.0. The maximum absolute atomic E-state index is 13.7. The van der Waals surface area contributed by atoms with E-state index >= 15 is 0 Å². The molecule has 1 unspecified atom stereocenters. The first-order chi connectivity index (χ1) is 18.7. The van der Waals surface area contributed by atoms with Gasteiger partial charge in [-0.15, -0.1) is 0 Å². The van der Waals surface area contributed by atoms with Gasteiger partial charge in [0.15, 0.2) is 17.4 Å². The highest BCUT2D eigenvalue weighted by Gasteiger charge is 2.41. The molecule has 4 N–H and O–H groups in total. The molecular formula is C28H30F3N3O5. The van der Waals surface area contributed by atoms with Crippen LogP contribution in [0.5, 0.6) is 5.75 Å². The minimum Gasteiger partial charge on any atom is -0.488 e. The van der Waals surface area contributed by atoms with E-state index < -0.39 is 47.4 Å². The van der Waals surface area contributed by atoms with Crippen molar-refractivity contribution in [1.29, 1.82) is 0 Å². The summed E-state index contributed by atoms with van der Waals surface area (Å²) >= 11 is 0. The number of hydrogen-bond acceptors (Lipinski definition) is 6. The summed E-state index contributed by atoms with van der Waals surface area (Å²) in [5.41, 5.74) is 2.68. The second-order valence-corrected chi connectivity index (χ2v) is 10.2. The van der Waals surface area contributed by atoms with Crippen LogP contribution in [-0.4, -0.2) is 77.5 Å². The summed E-state index contributed by atoms with van der Waals surface area (Å²) < 4.78 is 45.9. The molecule has 2 fully saturated rings. The Morgan fingerprint density at radius 1 is 1.05 bits per heavy atom. The molecule has 2 aromatic rings. The van der Waals surface area contributed by atoms with Crippen LogP contribution in [0.25, 0.3) is 5.57 Å². The second kappa shape index (κ2) is 11.4. The van der Waals surface area contributed by atoms with Gasteiger partial charge < -0.3 is 30.5 Å². The molecule has 0 aliphatic carbocycles. The molecule has 4 atom stereocenters. The maximum atomic E-state index is 13.7. The minimum absolute atomic E-state index is 0.00700. The number of ether oxygens (including phenoxy) is 1. The number of aryl methyl sites for hydroxylation is 1. The van der Waals surface area contributed by atoms with E-state index in [0.717, 1.165) is 22.8 Å². The van der Waals surface area contributed by atoms with Crippen LogP contribution in [0, 0.1) is 17.5 Å². The number of nitrogens with zero attached hydrogens (tertiary/aromatic N) is 1. The van der Waals surface area contributed by atoms with Crippen molar-refractivity contribution in [2.75, 3.05) is 26.2 Å². The van der Waals surface area contributed by atoms with Gasteiger partial charge in [-0.25, -0.2) is 13.6 Å². The van der Waals surface area contributed by atoms with Gasteiger partial charge in [0.1, 0.15) is 0 Å². The van der Waals surface area contributed by atoms with E-state index in [-0.39, 0.29) is 30.7 Å². The number of hydrogen-bond donors (Lipinski definition) is 4. The number of fused-ring (bicyclic) bond motifs is 2. The number of benzene rings is 2. The van der Waals surface area contributed by atoms with Crippen molar-refractivity contribution in [3.05, 3.63) is 70.5 Å². The number of carboxylic acids is 1. The lowest BCUT2D eigenvalue weighted by Crippen LogP contribution is -2.63. The molecular weight excluding hydrogens is 515 g/mol. The summed E-state index contributed by atoms with van der Waals surface area (Å²) in [4.78, 5) is 27.0. The van der Waals surface area contributed by atoms with Gasteiger partial charge in [-0.2, -0.15) is 4.39 Å². The van der Waals surface area contributed by atoms with E-state index in [1.807, 2.05) is 24.3 Å². The van der Waals surface area contributed by atoms with Gasteiger partial charge in [0.25, 0.3) is 0 Å². The fourth-order valence-electron chi connectivity index (χ4n) is 5.64. The molecule has 2 aromatic carbocycles. The number of β-amino-alcohol motifs (C(OH)–C–C–N with tert-alkyl or cyclic N) is 1. The Hall–Kier alpha value is -3.41. The Labute approximate surface area is 223 Å². The average molecular weight is 546 g/mol. The number of halogens is 3. The van der Waals surface area contributed by atoms with Gasteiger partial charge in [0, 0.05) is 25.7 Å². The lowest BCUT2D eigenvalue weighted by atomic mass is 9.83. The number of aliphatic carboxylic acids is 1. The van der Waals surface area contributed by atoms with Gasteiger partial charge in [-0.3, -0.25) is 4.79 Å². The van der Waals surface area contributed by atoms with E-state index in [1.165, 1.54) is 0 Å². The Morgan fingerprint density at radius 2 is 1.79 bits per heavy atom. The molecule has 1 amide bonds. The summed E-state index contributed by atoms with van der Waals surface area (Å²) in [6, 6.07) is 7.90. The largest absolute Gasteiger partial charge is 0.488 e. The molecule has 0 saturated carbocycles. The van der Waals surface area contributed by atoms with Crippen LogP contribution in [0.3, 0.4) is 0 Å². The molecule has 5 rings (SSSR count). The number of carbonyl (C=O) groups excluding carboxylic acids is 1. The van der Waals surface area contributed by atoms with E-state index in [2.05, 4.69) is 10.6 Å². The number of carboxylic acid groups (broad SMARTS) is 1. The molecule has 8 nitrogen and oxygen atoms in total. The van der Waals surface area contributed by atoms with Crippen molar-refractivity contribution in [1.82, 2.24) is 15.5 Å².